The van der Waals surface area contributed by atoms with Crippen molar-refractivity contribution in [3.63, 3.8) is 0 Å². The second kappa shape index (κ2) is 5.94. The van der Waals surface area contributed by atoms with Gasteiger partial charge in [0.25, 0.3) is 0 Å². The number of halogens is 1. The topological polar surface area (TPSA) is 35.8 Å². The van der Waals surface area contributed by atoms with Gasteiger partial charge in [0.15, 0.2) is 0 Å². The molecule has 1 unspecified atom stereocenters. The molecule has 1 fully saturated rings. The Kier molecular flexibility index (Phi) is 4.49. The van der Waals surface area contributed by atoms with Gasteiger partial charge < -0.3 is 0 Å². The van der Waals surface area contributed by atoms with Crippen molar-refractivity contribution in [1.82, 2.24) is 5.32 Å². The highest BCUT2D eigenvalue weighted by atomic mass is 32.2. The van der Waals surface area contributed by atoms with Gasteiger partial charge in [-0.3, -0.25) is 5.32 Å². The average molecular weight is 278 g/mol. The molecule has 0 saturated heterocycles. The average Bonchev–Trinajstić information content (AvgIpc) is 3.19. The molecule has 0 spiro atoms. The van der Waals surface area contributed by atoms with Gasteiger partial charge >= 0.3 is 0 Å². The number of nitriles is 1. The number of nitrogens with zero attached hydrogens (tertiary/aromatic N) is 1. The second-order valence-corrected chi connectivity index (χ2v) is 6.45. The van der Waals surface area contributed by atoms with Crippen molar-refractivity contribution in [3.8, 4) is 6.07 Å². The maximum atomic E-state index is 13.2. The fourth-order valence-electron chi connectivity index (χ4n) is 2.28. The molecule has 0 radical (unpaired) electrons. The van der Waals surface area contributed by atoms with Gasteiger partial charge in [0.2, 0.25) is 0 Å². The summed E-state index contributed by atoms with van der Waals surface area (Å²) in [6, 6.07) is 9.30. The lowest BCUT2D eigenvalue weighted by molar-refractivity contribution is 0.370. The first-order valence-corrected chi connectivity index (χ1v) is 7.61. The van der Waals surface area contributed by atoms with E-state index in [2.05, 4.69) is 25.2 Å². The summed E-state index contributed by atoms with van der Waals surface area (Å²) in [7, 11) is 0. The van der Waals surface area contributed by atoms with Gasteiger partial charge in [-0.15, -0.1) is 11.8 Å². The minimum Gasteiger partial charge on any atom is -0.296 e. The van der Waals surface area contributed by atoms with Crippen molar-refractivity contribution in [2.45, 2.75) is 43.2 Å². The Morgan fingerprint density at radius 1 is 1.53 bits per heavy atom. The Bertz CT molecular complexity index is 479. The maximum absolute atomic E-state index is 13.2. The van der Waals surface area contributed by atoms with Crippen LogP contribution in [-0.2, 0) is 0 Å². The third kappa shape index (κ3) is 3.71. The van der Waals surface area contributed by atoms with Crippen LogP contribution in [0.4, 0.5) is 4.39 Å². The van der Waals surface area contributed by atoms with E-state index in [0.29, 0.717) is 11.7 Å². The molecule has 1 aromatic rings. The summed E-state index contributed by atoms with van der Waals surface area (Å²) in [6.07, 6.45) is 2.22. The monoisotopic (exact) mass is 278 g/mol. The smallest absolute Gasteiger partial charge is 0.124 e. The molecule has 1 N–H and O–H groups in total. The summed E-state index contributed by atoms with van der Waals surface area (Å²) < 4.78 is 13.2. The fourth-order valence-corrected chi connectivity index (χ4v) is 3.43. The summed E-state index contributed by atoms with van der Waals surface area (Å²) >= 11 is 1.55. The van der Waals surface area contributed by atoms with Gasteiger partial charge in [0.1, 0.15) is 11.4 Å². The van der Waals surface area contributed by atoms with Crippen LogP contribution in [-0.4, -0.2) is 17.3 Å². The SMILES string of the molecule is CC(C)NC(C#N)(CSc1cccc(F)c1)C1CC1. The zero-order chi connectivity index (χ0) is 13.9. The number of benzene rings is 1. The van der Waals surface area contributed by atoms with Crippen LogP contribution in [0.25, 0.3) is 0 Å². The third-order valence-electron chi connectivity index (χ3n) is 3.28. The molecule has 0 aliphatic heterocycles. The summed E-state index contributed by atoms with van der Waals surface area (Å²) in [5.74, 6) is 0.868. The Balaban J connectivity index is 2.06. The normalized spacial score (nSPS) is 18.1. The van der Waals surface area contributed by atoms with E-state index in [9.17, 15) is 9.65 Å². The number of rotatable bonds is 6. The summed E-state index contributed by atoms with van der Waals surface area (Å²) in [6.45, 7) is 4.11. The minimum absolute atomic E-state index is 0.226. The molecule has 19 heavy (non-hydrogen) atoms. The Labute approximate surface area is 118 Å². The Hall–Kier alpha value is -1.05. The van der Waals surface area contributed by atoms with Crippen LogP contribution in [0.1, 0.15) is 26.7 Å². The number of thioether (sulfide) groups is 1. The molecule has 1 aliphatic carbocycles. The van der Waals surface area contributed by atoms with Crippen molar-refractivity contribution >= 4 is 11.8 Å². The standard InChI is InChI=1S/C15H19FN2S/c1-11(2)18-15(9-17,12-6-7-12)10-19-14-5-3-4-13(16)8-14/h3-5,8,11-12,18H,6-7,10H2,1-2H3. The van der Waals surface area contributed by atoms with Crippen LogP contribution in [0.2, 0.25) is 0 Å². The minimum atomic E-state index is -0.481. The van der Waals surface area contributed by atoms with E-state index in [4.69, 9.17) is 0 Å². The molecule has 0 amide bonds. The third-order valence-corrected chi connectivity index (χ3v) is 4.47. The number of hydrogen-bond donors (Lipinski definition) is 1. The van der Waals surface area contributed by atoms with E-state index in [0.717, 1.165) is 17.7 Å². The van der Waals surface area contributed by atoms with Crippen molar-refractivity contribution in [3.05, 3.63) is 30.1 Å². The first-order chi connectivity index (χ1) is 9.05. The maximum Gasteiger partial charge on any atom is 0.124 e. The van der Waals surface area contributed by atoms with E-state index in [-0.39, 0.29) is 11.9 Å². The van der Waals surface area contributed by atoms with Crippen LogP contribution in [0, 0.1) is 23.1 Å². The molecular formula is C15H19FN2S. The molecule has 1 atom stereocenters. The number of hydrogen-bond acceptors (Lipinski definition) is 3. The van der Waals surface area contributed by atoms with Gasteiger partial charge in [-0.05, 0) is 50.8 Å². The van der Waals surface area contributed by atoms with E-state index in [1.807, 2.05) is 6.07 Å². The van der Waals surface area contributed by atoms with Gasteiger partial charge in [-0.25, -0.2) is 4.39 Å². The summed E-state index contributed by atoms with van der Waals surface area (Å²) in [5, 5.41) is 13.0. The summed E-state index contributed by atoms with van der Waals surface area (Å²) in [4.78, 5) is 0.880. The molecule has 0 heterocycles. The fraction of sp³-hybridized carbons (Fsp3) is 0.533. The molecule has 0 bridgehead atoms. The van der Waals surface area contributed by atoms with E-state index in [1.54, 1.807) is 17.8 Å². The highest BCUT2D eigenvalue weighted by Gasteiger charge is 2.45. The van der Waals surface area contributed by atoms with Crippen LogP contribution in [0.5, 0.6) is 0 Å². The molecule has 2 rings (SSSR count). The molecule has 1 aliphatic rings. The largest absolute Gasteiger partial charge is 0.296 e. The van der Waals surface area contributed by atoms with Crippen molar-refractivity contribution in [1.29, 1.82) is 5.26 Å². The lowest BCUT2D eigenvalue weighted by atomic mass is 9.96. The van der Waals surface area contributed by atoms with Crippen LogP contribution in [0.3, 0.4) is 0 Å². The van der Waals surface area contributed by atoms with Gasteiger partial charge in [0, 0.05) is 16.7 Å². The highest BCUT2D eigenvalue weighted by molar-refractivity contribution is 7.99. The first kappa shape index (κ1) is 14.4. The predicted octanol–water partition coefficient (Wildman–Crippen LogP) is 3.59. The van der Waals surface area contributed by atoms with Crippen LogP contribution in [0.15, 0.2) is 29.2 Å². The van der Waals surface area contributed by atoms with Gasteiger partial charge in [0.05, 0.1) is 6.07 Å². The lowest BCUT2D eigenvalue weighted by Crippen LogP contribution is -2.51. The predicted molar refractivity (Wildman–Crippen MR) is 76.5 cm³/mol. The number of nitrogens with one attached hydrogen (secondary N) is 1. The van der Waals surface area contributed by atoms with E-state index in [1.165, 1.54) is 12.1 Å². The van der Waals surface area contributed by atoms with E-state index >= 15 is 0 Å². The second-order valence-electron chi connectivity index (χ2n) is 5.40. The zero-order valence-corrected chi connectivity index (χ0v) is 12.1. The molecule has 1 aromatic carbocycles. The van der Waals surface area contributed by atoms with Crippen LogP contribution >= 0.6 is 11.8 Å². The molecule has 0 aromatic heterocycles. The molecule has 1 saturated carbocycles. The van der Waals surface area contributed by atoms with E-state index < -0.39 is 5.54 Å². The van der Waals surface area contributed by atoms with Crippen molar-refractivity contribution in [2.75, 3.05) is 5.75 Å². The highest BCUT2D eigenvalue weighted by Crippen LogP contribution is 2.42. The zero-order valence-electron chi connectivity index (χ0n) is 11.3. The summed E-state index contributed by atoms with van der Waals surface area (Å²) in [5.41, 5.74) is -0.481. The van der Waals surface area contributed by atoms with Crippen molar-refractivity contribution in [2.24, 2.45) is 5.92 Å². The van der Waals surface area contributed by atoms with Crippen molar-refractivity contribution < 1.29 is 4.39 Å². The molecule has 2 nitrogen and oxygen atoms in total. The first-order valence-electron chi connectivity index (χ1n) is 6.63. The van der Waals surface area contributed by atoms with Gasteiger partial charge in [-0.1, -0.05) is 6.07 Å². The Morgan fingerprint density at radius 3 is 2.79 bits per heavy atom. The van der Waals surface area contributed by atoms with Crippen LogP contribution < -0.4 is 5.32 Å². The van der Waals surface area contributed by atoms with Gasteiger partial charge in [-0.2, -0.15) is 5.26 Å². The Morgan fingerprint density at radius 2 is 2.26 bits per heavy atom. The molecule has 102 valence electrons. The molecular weight excluding hydrogens is 259 g/mol. The lowest BCUT2D eigenvalue weighted by Gasteiger charge is -2.30. The molecule has 4 heteroatoms. The quantitative estimate of drug-likeness (QED) is 0.808.